The van der Waals surface area contributed by atoms with E-state index in [4.69, 9.17) is 4.98 Å². The van der Waals surface area contributed by atoms with Gasteiger partial charge in [0.15, 0.2) is 5.82 Å². The van der Waals surface area contributed by atoms with Crippen LogP contribution in [0.5, 0.6) is 0 Å². The van der Waals surface area contributed by atoms with Crippen LogP contribution in [0, 0.1) is 0 Å². The third kappa shape index (κ3) is 3.90. The molecule has 0 radical (unpaired) electrons. The van der Waals surface area contributed by atoms with E-state index in [2.05, 4.69) is 58.7 Å². The van der Waals surface area contributed by atoms with Gasteiger partial charge < -0.3 is 0 Å². The molecule has 1 N–H and O–H groups in total. The molecular weight excluding hydrogens is 380 g/mol. The Labute approximate surface area is 164 Å². The number of thiazole rings is 1. The highest BCUT2D eigenvalue weighted by molar-refractivity contribution is 7.98. The SMILES string of the molecule is CC(C)c1ccc(-c2nc(CSc3n[nH]c(-c4cccs4)n3)cs2)cc1. The lowest BCUT2D eigenvalue weighted by Crippen LogP contribution is -1.87. The summed E-state index contributed by atoms with van der Waals surface area (Å²) in [5.74, 6) is 2.14. The molecule has 0 bridgehead atoms. The van der Waals surface area contributed by atoms with Crippen molar-refractivity contribution in [3.05, 3.63) is 58.4 Å². The molecule has 3 heterocycles. The molecular formula is C19H18N4S3. The normalized spacial score (nSPS) is 11.3. The second kappa shape index (κ2) is 7.73. The van der Waals surface area contributed by atoms with E-state index in [0.717, 1.165) is 32.3 Å². The van der Waals surface area contributed by atoms with Gasteiger partial charge in [-0.25, -0.2) is 9.97 Å². The van der Waals surface area contributed by atoms with E-state index in [1.165, 1.54) is 11.1 Å². The number of benzene rings is 1. The number of thioether (sulfide) groups is 1. The minimum Gasteiger partial charge on any atom is -0.257 e. The fourth-order valence-electron chi connectivity index (χ4n) is 2.49. The molecule has 0 atom stereocenters. The molecule has 4 nitrogen and oxygen atoms in total. The van der Waals surface area contributed by atoms with E-state index in [1.807, 2.05) is 17.5 Å². The van der Waals surface area contributed by atoms with Crippen molar-refractivity contribution in [3.63, 3.8) is 0 Å². The summed E-state index contributed by atoms with van der Waals surface area (Å²) in [6.45, 7) is 4.42. The van der Waals surface area contributed by atoms with E-state index in [0.29, 0.717) is 5.92 Å². The standard InChI is InChI=1S/C19H18N4S3/c1-12(2)13-5-7-14(8-6-13)18-20-15(10-25-18)11-26-19-21-17(22-23-19)16-4-3-9-24-16/h3-10,12H,11H2,1-2H3,(H,21,22,23). The van der Waals surface area contributed by atoms with Crippen molar-refractivity contribution in [2.24, 2.45) is 0 Å². The Balaban J connectivity index is 1.41. The first kappa shape index (κ1) is 17.5. The monoisotopic (exact) mass is 398 g/mol. The van der Waals surface area contributed by atoms with Gasteiger partial charge in [-0.15, -0.1) is 27.8 Å². The zero-order valence-electron chi connectivity index (χ0n) is 14.5. The molecule has 4 rings (SSSR count). The lowest BCUT2D eigenvalue weighted by atomic mass is 10.0. The van der Waals surface area contributed by atoms with Gasteiger partial charge in [0, 0.05) is 16.7 Å². The van der Waals surface area contributed by atoms with Crippen LogP contribution >= 0.6 is 34.4 Å². The smallest absolute Gasteiger partial charge is 0.209 e. The zero-order valence-corrected chi connectivity index (χ0v) is 16.9. The first-order valence-electron chi connectivity index (χ1n) is 8.33. The predicted molar refractivity (Wildman–Crippen MR) is 111 cm³/mol. The maximum atomic E-state index is 4.76. The molecule has 0 amide bonds. The number of thiophene rings is 1. The summed E-state index contributed by atoms with van der Waals surface area (Å²) in [5, 5.41) is 13.3. The molecule has 26 heavy (non-hydrogen) atoms. The number of nitrogens with zero attached hydrogens (tertiary/aromatic N) is 3. The maximum absolute atomic E-state index is 4.76. The lowest BCUT2D eigenvalue weighted by molar-refractivity contribution is 0.867. The van der Waals surface area contributed by atoms with Gasteiger partial charge in [0.1, 0.15) is 5.01 Å². The molecule has 7 heteroatoms. The van der Waals surface area contributed by atoms with Crippen molar-refractivity contribution in [2.75, 3.05) is 0 Å². The van der Waals surface area contributed by atoms with Gasteiger partial charge in [-0.05, 0) is 22.9 Å². The summed E-state index contributed by atoms with van der Waals surface area (Å²) in [4.78, 5) is 10.4. The Bertz CT molecular complexity index is 969. The number of aromatic nitrogens is 4. The fourth-order valence-corrected chi connectivity index (χ4v) is 4.78. The molecule has 0 saturated carbocycles. The highest BCUT2D eigenvalue weighted by Gasteiger charge is 2.10. The van der Waals surface area contributed by atoms with E-state index < -0.39 is 0 Å². The summed E-state index contributed by atoms with van der Waals surface area (Å²) >= 11 is 4.94. The Kier molecular flexibility index (Phi) is 5.19. The van der Waals surface area contributed by atoms with Crippen LogP contribution in [0.15, 0.2) is 52.3 Å². The Morgan fingerprint density at radius 1 is 1.08 bits per heavy atom. The molecule has 0 aliphatic heterocycles. The Morgan fingerprint density at radius 3 is 2.65 bits per heavy atom. The van der Waals surface area contributed by atoms with Crippen LogP contribution in [0.25, 0.3) is 21.3 Å². The minimum atomic E-state index is 0.549. The summed E-state index contributed by atoms with van der Waals surface area (Å²) in [6.07, 6.45) is 0. The molecule has 0 aliphatic rings. The lowest BCUT2D eigenvalue weighted by Gasteiger charge is -2.05. The molecule has 0 unspecified atom stereocenters. The molecule has 0 fully saturated rings. The fraction of sp³-hybridized carbons (Fsp3) is 0.211. The van der Waals surface area contributed by atoms with Crippen LogP contribution in [-0.4, -0.2) is 20.2 Å². The molecule has 3 aromatic heterocycles. The topological polar surface area (TPSA) is 54.5 Å². The van der Waals surface area contributed by atoms with Gasteiger partial charge in [0.2, 0.25) is 5.16 Å². The summed E-state index contributed by atoms with van der Waals surface area (Å²) in [5.41, 5.74) is 3.59. The van der Waals surface area contributed by atoms with Gasteiger partial charge in [-0.1, -0.05) is 55.9 Å². The van der Waals surface area contributed by atoms with Gasteiger partial charge >= 0.3 is 0 Å². The van der Waals surface area contributed by atoms with E-state index >= 15 is 0 Å². The van der Waals surface area contributed by atoms with Crippen molar-refractivity contribution in [3.8, 4) is 21.3 Å². The predicted octanol–water partition coefficient (Wildman–Crippen LogP) is 6.07. The van der Waals surface area contributed by atoms with Crippen molar-refractivity contribution >= 4 is 34.4 Å². The molecule has 0 saturated heterocycles. The minimum absolute atomic E-state index is 0.549. The number of H-pyrrole nitrogens is 1. The largest absolute Gasteiger partial charge is 0.257 e. The third-order valence-electron chi connectivity index (χ3n) is 3.94. The molecule has 0 spiro atoms. The van der Waals surface area contributed by atoms with E-state index in [9.17, 15) is 0 Å². The van der Waals surface area contributed by atoms with Crippen LogP contribution in [0.2, 0.25) is 0 Å². The maximum Gasteiger partial charge on any atom is 0.209 e. The molecule has 1 aromatic carbocycles. The van der Waals surface area contributed by atoms with Gasteiger partial charge in [0.05, 0.1) is 10.6 Å². The highest BCUT2D eigenvalue weighted by Crippen LogP contribution is 2.29. The van der Waals surface area contributed by atoms with Gasteiger partial charge in [-0.2, -0.15) is 0 Å². The van der Waals surface area contributed by atoms with Crippen molar-refractivity contribution in [1.82, 2.24) is 20.2 Å². The average molecular weight is 399 g/mol. The second-order valence-corrected chi connectivity index (χ2v) is 8.90. The second-order valence-electron chi connectivity index (χ2n) is 6.15. The Hall–Kier alpha value is -1.96. The average Bonchev–Trinajstić information content (AvgIpc) is 3.40. The van der Waals surface area contributed by atoms with Crippen LogP contribution in [0.1, 0.15) is 31.0 Å². The van der Waals surface area contributed by atoms with Gasteiger partial charge in [0.25, 0.3) is 0 Å². The quantitative estimate of drug-likeness (QED) is 0.400. The number of nitrogens with one attached hydrogen (secondary N) is 1. The number of hydrogen-bond donors (Lipinski definition) is 1. The number of rotatable bonds is 6. The highest BCUT2D eigenvalue weighted by atomic mass is 32.2. The number of aromatic amines is 1. The summed E-state index contributed by atoms with van der Waals surface area (Å²) in [6, 6.07) is 12.8. The summed E-state index contributed by atoms with van der Waals surface area (Å²) < 4.78 is 0. The van der Waals surface area contributed by atoms with Crippen molar-refractivity contribution < 1.29 is 0 Å². The van der Waals surface area contributed by atoms with Gasteiger partial charge in [-0.3, -0.25) is 5.10 Å². The first-order valence-corrected chi connectivity index (χ1v) is 11.1. The molecule has 132 valence electrons. The van der Waals surface area contributed by atoms with Crippen LogP contribution in [-0.2, 0) is 5.75 Å². The number of hydrogen-bond acceptors (Lipinski definition) is 6. The van der Waals surface area contributed by atoms with E-state index in [-0.39, 0.29) is 0 Å². The van der Waals surface area contributed by atoms with Crippen LogP contribution in [0.4, 0.5) is 0 Å². The van der Waals surface area contributed by atoms with E-state index in [1.54, 1.807) is 34.4 Å². The molecule has 4 aromatic rings. The third-order valence-corrected chi connectivity index (χ3v) is 6.64. The Morgan fingerprint density at radius 2 is 1.92 bits per heavy atom. The molecule has 0 aliphatic carbocycles. The van der Waals surface area contributed by atoms with Crippen molar-refractivity contribution in [2.45, 2.75) is 30.7 Å². The van der Waals surface area contributed by atoms with Crippen molar-refractivity contribution in [1.29, 1.82) is 0 Å². The van der Waals surface area contributed by atoms with Crippen LogP contribution < -0.4 is 0 Å². The summed E-state index contributed by atoms with van der Waals surface area (Å²) in [7, 11) is 0. The zero-order chi connectivity index (χ0) is 17.9. The van der Waals surface area contributed by atoms with Crippen LogP contribution in [0.3, 0.4) is 0 Å². The first-order chi connectivity index (χ1) is 12.7.